The average molecular weight is 200 g/mol. The maximum atomic E-state index is 10.7. The molecular weight excluding hydrogens is 192 g/mol. The summed E-state index contributed by atoms with van der Waals surface area (Å²) in [5.41, 5.74) is 1.03. The van der Waals surface area contributed by atoms with Gasteiger partial charge in [0.15, 0.2) is 0 Å². The van der Waals surface area contributed by atoms with E-state index in [0.29, 0.717) is 6.54 Å². The van der Waals surface area contributed by atoms with Crippen LogP contribution in [0.3, 0.4) is 0 Å². The number of carbonyl (C=O) groups is 1. The third-order valence-corrected chi connectivity index (χ3v) is 2.08. The van der Waals surface area contributed by atoms with Crippen molar-refractivity contribution in [2.45, 2.75) is 6.54 Å². The molecule has 0 bridgehead atoms. The van der Waals surface area contributed by atoms with Gasteiger partial charge >= 0.3 is 0 Å². The molecule has 0 atom stereocenters. The zero-order valence-corrected chi connectivity index (χ0v) is 7.94. The highest BCUT2D eigenvalue weighted by Crippen LogP contribution is 2.05. The van der Waals surface area contributed by atoms with Crippen LogP contribution in [0.5, 0.6) is 0 Å². The van der Waals surface area contributed by atoms with Crippen LogP contribution in [0.15, 0.2) is 24.5 Å². The lowest BCUT2D eigenvalue weighted by molar-refractivity contribution is 0.260. The van der Waals surface area contributed by atoms with E-state index in [4.69, 9.17) is 0 Å². The molecule has 0 radical (unpaired) electrons. The van der Waals surface area contributed by atoms with Crippen LogP contribution < -0.4 is 5.32 Å². The van der Waals surface area contributed by atoms with Gasteiger partial charge in [-0.1, -0.05) is 0 Å². The zero-order chi connectivity index (χ0) is 8.81. The van der Waals surface area contributed by atoms with Crippen LogP contribution in [0.1, 0.15) is 5.56 Å². The molecule has 1 rings (SSSR count). The fourth-order valence-electron chi connectivity index (χ4n) is 0.707. The standard InChI is InChI=1S/C7H8N2OS2/c10-7(12-11)9-5-6-1-3-8-4-2-6/h1-4,11H,5H2,(H,9,10). The fraction of sp³-hybridized carbons (Fsp3) is 0.143. The third kappa shape index (κ3) is 3.15. The van der Waals surface area contributed by atoms with Crippen LogP contribution in [0, 0.1) is 0 Å². The number of hydrogen-bond donors (Lipinski definition) is 2. The van der Waals surface area contributed by atoms with Crippen molar-refractivity contribution in [1.29, 1.82) is 0 Å². The van der Waals surface area contributed by atoms with E-state index in [-0.39, 0.29) is 5.24 Å². The van der Waals surface area contributed by atoms with Crippen molar-refractivity contribution in [3.05, 3.63) is 30.1 Å². The van der Waals surface area contributed by atoms with Crippen LogP contribution in [-0.2, 0) is 6.54 Å². The number of carbonyl (C=O) groups excluding carboxylic acids is 1. The summed E-state index contributed by atoms with van der Waals surface area (Å²) in [5, 5.41) is 2.53. The molecule has 5 heteroatoms. The number of hydrogen-bond acceptors (Lipinski definition) is 4. The predicted octanol–water partition coefficient (Wildman–Crippen LogP) is 1.87. The van der Waals surface area contributed by atoms with Crippen LogP contribution in [0.4, 0.5) is 4.79 Å². The molecule has 1 aromatic rings. The first kappa shape index (κ1) is 9.41. The summed E-state index contributed by atoms with van der Waals surface area (Å²) in [6, 6.07) is 3.70. The van der Waals surface area contributed by atoms with Gasteiger partial charge in [-0.25, -0.2) is 0 Å². The molecule has 1 N–H and O–H groups in total. The van der Waals surface area contributed by atoms with E-state index in [0.717, 1.165) is 16.4 Å². The summed E-state index contributed by atoms with van der Waals surface area (Å²) in [4.78, 5) is 14.6. The number of pyridine rings is 1. The van der Waals surface area contributed by atoms with Crippen molar-refractivity contribution in [1.82, 2.24) is 10.3 Å². The van der Waals surface area contributed by atoms with E-state index in [9.17, 15) is 4.79 Å². The van der Waals surface area contributed by atoms with Crippen LogP contribution in [0.2, 0.25) is 0 Å². The number of amides is 1. The van der Waals surface area contributed by atoms with Crippen LogP contribution in [0.25, 0.3) is 0 Å². The molecule has 0 aliphatic carbocycles. The molecule has 64 valence electrons. The molecule has 0 aliphatic heterocycles. The van der Waals surface area contributed by atoms with Gasteiger partial charge < -0.3 is 5.32 Å². The van der Waals surface area contributed by atoms with Gasteiger partial charge in [0, 0.05) is 29.7 Å². The SMILES string of the molecule is O=C(NCc1ccncc1)SS. The van der Waals surface area contributed by atoms with Crippen molar-refractivity contribution in [3.8, 4) is 0 Å². The monoisotopic (exact) mass is 200 g/mol. The van der Waals surface area contributed by atoms with Crippen molar-refractivity contribution in [2.75, 3.05) is 0 Å². The highest BCUT2D eigenvalue weighted by molar-refractivity contribution is 8.74. The number of rotatable bonds is 2. The Balaban J connectivity index is 2.38. The minimum Gasteiger partial charge on any atom is -0.342 e. The topological polar surface area (TPSA) is 42.0 Å². The van der Waals surface area contributed by atoms with Crippen LogP contribution in [-0.4, -0.2) is 10.2 Å². The van der Waals surface area contributed by atoms with E-state index < -0.39 is 0 Å². The quantitative estimate of drug-likeness (QED) is 0.565. The maximum absolute atomic E-state index is 10.7. The largest absolute Gasteiger partial charge is 0.342 e. The molecule has 12 heavy (non-hydrogen) atoms. The first-order valence-electron chi connectivity index (χ1n) is 3.31. The molecule has 0 fully saturated rings. The Hall–Kier alpha value is -0.680. The van der Waals surface area contributed by atoms with Crippen molar-refractivity contribution < 1.29 is 4.79 Å². The zero-order valence-electron chi connectivity index (χ0n) is 6.23. The molecule has 0 aromatic carbocycles. The molecule has 0 saturated carbocycles. The van der Waals surface area contributed by atoms with E-state index in [1.54, 1.807) is 12.4 Å². The molecule has 3 nitrogen and oxygen atoms in total. The highest BCUT2D eigenvalue weighted by Gasteiger charge is 1.97. The second-order valence-corrected chi connectivity index (χ2v) is 3.19. The summed E-state index contributed by atoms with van der Waals surface area (Å²) in [6.07, 6.45) is 3.38. The Morgan fingerprint density at radius 3 is 2.83 bits per heavy atom. The van der Waals surface area contributed by atoms with Gasteiger partial charge in [0.05, 0.1) is 0 Å². The van der Waals surface area contributed by atoms with Gasteiger partial charge in [0.2, 0.25) is 0 Å². The van der Waals surface area contributed by atoms with E-state index in [1.165, 1.54) is 0 Å². The Morgan fingerprint density at radius 1 is 1.58 bits per heavy atom. The van der Waals surface area contributed by atoms with Gasteiger partial charge in [0.25, 0.3) is 5.24 Å². The van der Waals surface area contributed by atoms with Gasteiger partial charge in [-0.15, -0.1) is 11.7 Å². The average Bonchev–Trinajstić information content (AvgIpc) is 2.16. The van der Waals surface area contributed by atoms with Crippen LogP contribution >= 0.6 is 22.5 Å². The Labute approximate surface area is 79.8 Å². The smallest absolute Gasteiger partial charge is 0.289 e. The number of nitrogens with zero attached hydrogens (tertiary/aromatic N) is 1. The van der Waals surface area contributed by atoms with E-state index in [2.05, 4.69) is 22.0 Å². The van der Waals surface area contributed by atoms with E-state index >= 15 is 0 Å². The predicted molar refractivity (Wildman–Crippen MR) is 53.0 cm³/mol. The summed E-state index contributed by atoms with van der Waals surface area (Å²) in [7, 11) is 0.873. The molecule has 1 aromatic heterocycles. The number of thiol groups is 1. The van der Waals surface area contributed by atoms with Crippen molar-refractivity contribution in [3.63, 3.8) is 0 Å². The molecule has 1 heterocycles. The lowest BCUT2D eigenvalue weighted by Crippen LogP contribution is -2.16. The molecule has 0 aliphatic rings. The minimum absolute atomic E-state index is 0.143. The number of aromatic nitrogens is 1. The third-order valence-electron chi connectivity index (χ3n) is 1.27. The lowest BCUT2D eigenvalue weighted by atomic mass is 10.3. The Morgan fingerprint density at radius 2 is 2.25 bits per heavy atom. The summed E-state index contributed by atoms with van der Waals surface area (Å²) < 4.78 is 0. The first-order valence-corrected chi connectivity index (χ1v) is 5.18. The Kier molecular flexibility index (Phi) is 3.96. The second kappa shape index (κ2) is 5.05. The maximum Gasteiger partial charge on any atom is 0.289 e. The molecular formula is C7H8N2OS2. The summed E-state index contributed by atoms with van der Waals surface area (Å²) in [6.45, 7) is 0.523. The number of nitrogens with one attached hydrogen (secondary N) is 1. The van der Waals surface area contributed by atoms with Gasteiger partial charge in [-0.2, -0.15) is 0 Å². The molecule has 1 amide bonds. The lowest BCUT2D eigenvalue weighted by Gasteiger charge is -2.00. The minimum atomic E-state index is -0.143. The fourth-order valence-corrected chi connectivity index (χ4v) is 1.04. The normalized spacial score (nSPS) is 9.42. The van der Waals surface area contributed by atoms with Gasteiger partial charge in [-0.05, 0) is 17.7 Å². The second-order valence-electron chi connectivity index (χ2n) is 2.09. The van der Waals surface area contributed by atoms with Gasteiger partial charge in [-0.3, -0.25) is 9.78 Å². The highest BCUT2D eigenvalue weighted by atomic mass is 33.1. The molecule has 0 unspecified atom stereocenters. The summed E-state index contributed by atoms with van der Waals surface area (Å²) in [5.74, 6) is 0. The van der Waals surface area contributed by atoms with Crippen molar-refractivity contribution >= 4 is 27.7 Å². The first-order chi connectivity index (χ1) is 5.83. The molecule has 0 saturated heterocycles. The molecule has 0 spiro atoms. The van der Waals surface area contributed by atoms with E-state index in [1.807, 2.05) is 12.1 Å². The summed E-state index contributed by atoms with van der Waals surface area (Å²) >= 11 is 3.75. The van der Waals surface area contributed by atoms with Crippen molar-refractivity contribution in [2.24, 2.45) is 0 Å². The Bertz CT molecular complexity index is 253. The van der Waals surface area contributed by atoms with Gasteiger partial charge in [0.1, 0.15) is 0 Å².